The van der Waals surface area contributed by atoms with Gasteiger partial charge in [0.1, 0.15) is 0 Å². The second kappa shape index (κ2) is 16.0. The van der Waals surface area contributed by atoms with Crippen molar-refractivity contribution in [1.82, 2.24) is 4.57 Å². The predicted octanol–water partition coefficient (Wildman–Crippen LogP) is 17.2. The molecule has 64 heavy (non-hydrogen) atoms. The van der Waals surface area contributed by atoms with E-state index >= 15 is 0 Å². The van der Waals surface area contributed by atoms with E-state index in [1.54, 1.807) is 0 Å². The van der Waals surface area contributed by atoms with E-state index in [4.69, 9.17) is 0 Å². The Hall–Kier alpha value is -8.05. The van der Waals surface area contributed by atoms with Crippen molar-refractivity contribution in [2.24, 2.45) is 0 Å². The van der Waals surface area contributed by atoms with Gasteiger partial charge in [-0.05, 0) is 137 Å². The van der Waals surface area contributed by atoms with Crippen molar-refractivity contribution in [2.45, 2.75) is 9.79 Å². The summed E-state index contributed by atoms with van der Waals surface area (Å²) < 4.78 is 2.41. The van der Waals surface area contributed by atoms with E-state index < -0.39 is 0 Å². The van der Waals surface area contributed by atoms with Gasteiger partial charge in [-0.15, -0.1) is 0 Å². The summed E-state index contributed by atoms with van der Waals surface area (Å²) in [6, 6.07) is 90.0. The minimum atomic E-state index is 1.11. The Morgan fingerprint density at radius 3 is 1.58 bits per heavy atom. The maximum atomic E-state index is 2.41. The summed E-state index contributed by atoms with van der Waals surface area (Å²) in [6.45, 7) is 0. The van der Waals surface area contributed by atoms with Gasteiger partial charge in [0.2, 0.25) is 0 Å². The van der Waals surface area contributed by atoms with E-state index in [1.165, 1.54) is 76.4 Å². The van der Waals surface area contributed by atoms with Crippen LogP contribution in [0, 0.1) is 0 Å². The van der Waals surface area contributed by atoms with Gasteiger partial charge in [-0.3, -0.25) is 0 Å². The molecule has 302 valence electrons. The van der Waals surface area contributed by atoms with Gasteiger partial charge in [0, 0.05) is 49.0 Å². The summed E-state index contributed by atoms with van der Waals surface area (Å²) in [5.41, 5.74) is 17.5. The zero-order valence-electron chi connectivity index (χ0n) is 34.9. The number of nitrogens with zero attached hydrogens (tertiary/aromatic N) is 3. The Kier molecular flexibility index (Phi) is 9.43. The zero-order valence-corrected chi connectivity index (χ0v) is 35.7. The average Bonchev–Trinajstić information content (AvgIpc) is 3.70. The highest BCUT2D eigenvalue weighted by molar-refractivity contribution is 7.99. The number of hydrogen-bond donors (Lipinski definition) is 0. The maximum absolute atomic E-state index is 2.41. The fourth-order valence-electron chi connectivity index (χ4n) is 9.33. The second-order valence-electron chi connectivity index (χ2n) is 16.2. The van der Waals surface area contributed by atoms with Crippen LogP contribution >= 0.6 is 11.8 Å². The van der Waals surface area contributed by atoms with Crippen molar-refractivity contribution in [3.8, 4) is 39.1 Å². The smallest absolute Gasteiger partial charge is 0.0602 e. The molecule has 0 radical (unpaired) electrons. The van der Waals surface area contributed by atoms with E-state index in [-0.39, 0.29) is 0 Å². The first-order chi connectivity index (χ1) is 31.7. The van der Waals surface area contributed by atoms with E-state index in [9.17, 15) is 0 Å². The van der Waals surface area contributed by atoms with Crippen molar-refractivity contribution in [3.05, 3.63) is 249 Å². The summed E-state index contributed by atoms with van der Waals surface area (Å²) >= 11 is 1.85. The standard InChI is InChI=1S/C60H41N3S/c1-4-16-42(17-5-1)45-20-15-25-52(39-45)63-56-28-12-13-29-59(56)64-60-41-47(31-37-57(60)63)44-19-14-18-43(38-44)46-30-36-54-53-26-10-11-27-55(53)62(58(54)40-46)51-34-32-50(33-35-51)61(48-21-6-2-7-22-48)49-23-8-3-9-24-49/h1-41H. The molecule has 2 heterocycles. The van der Waals surface area contributed by atoms with Gasteiger partial charge in [-0.2, -0.15) is 0 Å². The summed E-state index contributed by atoms with van der Waals surface area (Å²) in [7, 11) is 0. The number of para-hydroxylation sites is 4. The maximum Gasteiger partial charge on any atom is 0.0602 e. The van der Waals surface area contributed by atoms with Crippen LogP contribution in [0.3, 0.4) is 0 Å². The molecule has 0 N–H and O–H groups in total. The molecule has 4 heteroatoms. The third kappa shape index (κ3) is 6.73. The highest BCUT2D eigenvalue weighted by Gasteiger charge is 2.26. The normalized spacial score (nSPS) is 12.0. The van der Waals surface area contributed by atoms with Crippen molar-refractivity contribution in [2.75, 3.05) is 9.80 Å². The molecule has 1 aliphatic rings. The molecule has 3 nitrogen and oxygen atoms in total. The highest BCUT2D eigenvalue weighted by Crippen LogP contribution is 2.52. The Labute approximate surface area is 377 Å². The van der Waals surface area contributed by atoms with Crippen molar-refractivity contribution >= 4 is 67.7 Å². The molecule has 0 unspecified atom stereocenters. The quantitative estimate of drug-likeness (QED) is 0.151. The van der Waals surface area contributed by atoms with Crippen LogP contribution < -0.4 is 9.80 Å². The van der Waals surface area contributed by atoms with Crippen molar-refractivity contribution < 1.29 is 0 Å². The second-order valence-corrected chi connectivity index (χ2v) is 17.3. The molecule has 0 aliphatic carbocycles. The van der Waals surface area contributed by atoms with Gasteiger partial charge in [0.15, 0.2) is 0 Å². The molecule has 1 aromatic heterocycles. The number of hydrogen-bond acceptors (Lipinski definition) is 3. The van der Waals surface area contributed by atoms with Crippen LogP contribution in [0.2, 0.25) is 0 Å². The molecule has 11 aromatic rings. The average molecular weight is 836 g/mol. The van der Waals surface area contributed by atoms with Crippen LogP contribution in [0.15, 0.2) is 259 Å². The van der Waals surface area contributed by atoms with Gasteiger partial charge < -0.3 is 14.4 Å². The summed E-state index contributed by atoms with van der Waals surface area (Å²) in [5, 5.41) is 2.48. The SMILES string of the molecule is c1ccc(-c2cccc(N3c4ccccc4Sc4cc(-c5cccc(-c6ccc7c8ccccc8n(-c8ccc(N(c9ccccc9)c9ccccc9)cc8)c7c6)c5)ccc43)c2)cc1. The lowest BCUT2D eigenvalue weighted by molar-refractivity contribution is 1.17. The first-order valence-corrected chi connectivity index (χ1v) is 22.6. The van der Waals surface area contributed by atoms with Gasteiger partial charge in [0.05, 0.1) is 22.4 Å². The Bertz CT molecular complexity index is 3430. The lowest BCUT2D eigenvalue weighted by Gasteiger charge is -2.33. The minimum absolute atomic E-state index is 1.11. The molecule has 0 saturated carbocycles. The van der Waals surface area contributed by atoms with Crippen LogP contribution in [0.1, 0.15) is 0 Å². The summed E-state index contributed by atoms with van der Waals surface area (Å²) in [6.07, 6.45) is 0. The minimum Gasteiger partial charge on any atom is -0.311 e. The van der Waals surface area contributed by atoms with Crippen LogP contribution in [0.4, 0.5) is 34.1 Å². The topological polar surface area (TPSA) is 11.4 Å². The largest absolute Gasteiger partial charge is 0.311 e. The van der Waals surface area contributed by atoms with Gasteiger partial charge >= 0.3 is 0 Å². The third-order valence-corrected chi connectivity index (χ3v) is 13.4. The Morgan fingerprint density at radius 1 is 0.297 bits per heavy atom. The van der Waals surface area contributed by atoms with Crippen molar-refractivity contribution in [1.29, 1.82) is 0 Å². The van der Waals surface area contributed by atoms with E-state index in [1.807, 2.05) is 11.8 Å². The first kappa shape index (κ1) is 37.7. The third-order valence-electron chi connectivity index (χ3n) is 12.3. The Morgan fingerprint density at radius 2 is 0.828 bits per heavy atom. The van der Waals surface area contributed by atoms with Gasteiger partial charge in [-0.1, -0.05) is 157 Å². The van der Waals surface area contributed by atoms with Gasteiger partial charge in [-0.25, -0.2) is 0 Å². The van der Waals surface area contributed by atoms with Crippen LogP contribution in [-0.4, -0.2) is 4.57 Å². The highest BCUT2D eigenvalue weighted by atomic mass is 32.2. The predicted molar refractivity (Wildman–Crippen MR) is 271 cm³/mol. The monoisotopic (exact) mass is 835 g/mol. The molecule has 0 atom stereocenters. The van der Waals surface area contributed by atoms with Crippen LogP contribution in [0.25, 0.3) is 60.9 Å². The van der Waals surface area contributed by atoms with E-state index in [0.717, 1.165) is 28.4 Å². The fraction of sp³-hybridized carbons (Fsp3) is 0. The zero-order chi connectivity index (χ0) is 42.4. The molecule has 0 fully saturated rings. The number of aromatic nitrogens is 1. The van der Waals surface area contributed by atoms with Crippen molar-refractivity contribution in [3.63, 3.8) is 0 Å². The molecular formula is C60H41N3S. The molecule has 10 aromatic carbocycles. The lowest BCUT2D eigenvalue weighted by atomic mass is 9.98. The molecule has 0 saturated heterocycles. The number of benzene rings is 10. The van der Waals surface area contributed by atoms with Crippen LogP contribution in [0.5, 0.6) is 0 Å². The molecule has 0 amide bonds. The molecule has 0 spiro atoms. The Balaban J connectivity index is 0.910. The fourth-order valence-corrected chi connectivity index (χ4v) is 10.4. The molecular weight excluding hydrogens is 795 g/mol. The number of rotatable bonds is 8. The number of anilines is 6. The summed E-state index contributed by atoms with van der Waals surface area (Å²) in [5.74, 6) is 0. The summed E-state index contributed by atoms with van der Waals surface area (Å²) in [4.78, 5) is 7.20. The molecule has 12 rings (SSSR count). The molecule has 0 bridgehead atoms. The molecule has 1 aliphatic heterocycles. The lowest BCUT2D eigenvalue weighted by Crippen LogP contribution is -2.14. The first-order valence-electron chi connectivity index (χ1n) is 21.7. The van der Waals surface area contributed by atoms with E-state index in [2.05, 4.69) is 263 Å². The van der Waals surface area contributed by atoms with E-state index in [0.29, 0.717) is 0 Å². The number of fused-ring (bicyclic) bond motifs is 5. The van der Waals surface area contributed by atoms with Crippen LogP contribution in [-0.2, 0) is 0 Å². The van der Waals surface area contributed by atoms with Gasteiger partial charge in [0.25, 0.3) is 0 Å².